The van der Waals surface area contributed by atoms with Crippen molar-refractivity contribution in [2.75, 3.05) is 68.8 Å². The number of hydrogen-bond acceptors (Lipinski definition) is 18. The summed E-state index contributed by atoms with van der Waals surface area (Å²) in [6.07, 6.45) is 0.964. The number of thiol groups is 4. The normalized spacial score (nSPS) is 12.6. The van der Waals surface area contributed by atoms with Gasteiger partial charge >= 0.3 is 5.97 Å². The Balaban J connectivity index is 7.82. The summed E-state index contributed by atoms with van der Waals surface area (Å²) < 4.78 is 0. The van der Waals surface area contributed by atoms with Gasteiger partial charge in [-0.3, -0.25) is 67.6 Å². The molecule has 0 rings (SSSR count). The largest absolute Gasteiger partial charge is 0.480 e. The number of rotatable bonds is 44. The molecule has 0 aliphatic carbocycles. The minimum atomic E-state index is -1.75. The molecule has 32 heteroatoms. The molecule has 444 valence electrons. The van der Waals surface area contributed by atoms with Crippen molar-refractivity contribution in [1.82, 2.24) is 47.4 Å². The second-order valence-corrected chi connectivity index (χ2v) is 19.4. The average Bonchev–Trinajstić information content (AvgIpc) is 3.37. The lowest BCUT2D eigenvalue weighted by Gasteiger charge is -2.36. The first kappa shape index (κ1) is 72.3. The van der Waals surface area contributed by atoms with Gasteiger partial charge in [-0.2, -0.15) is 50.5 Å². The summed E-state index contributed by atoms with van der Waals surface area (Å²) in [5.74, 6) is -8.62. The minimum Gasteiger partial charge on any atom is -0.480 e. The molecule has 10 amide bonds. The van der Waals surface area contributed by atoms with Crippen molar-refractivity contribution in [2.45, 2.75) is 139 Å². The maximum Gasteiger partial charge on any atom is 0.322 e. The third kappa shape index (κ3) is 34.2. The fourth-order valence-electron chi connectivity index (χ4n) is 7.26. The van der Waals surface area contributed by atoms with E-state index in [4.69, 9.17) is 33.8 Å². The van der Waals surface area contributed by atoms with Crippen molar-refractivity contribution < 1.29 is 57.8 Å². The molecule has 5 atom stereocenters. The van der Waals surface area contributed by atoms with Crippen molar-refractivity contribution in [2.24, 2.45) is 38.7 Å². The third-order valence-corrected chi connectivity index (χ3v) is 12.0. The maximum absolute atomic E-state index is 15.3. The third-order valence-electron chi connectivity index (χ3n) is 11.1. The Morgan fingerprint density at radius 3 is 1.27 bits per heavy atom. The fourth-order valence-corrected chi connectivity index (χ4v) is 8.07. The monoisotopic (exact) mass is 1180 g/mol. The molecule has 0 saturated carbocycles. The summed E-state index contributed by atoms with van der Waals surface area (Å²) in [6, 6.07) is -7.62. The van der Waals surface area contributed by atoms with E-state index in [0.29, 0.717) is 29.2 Å². The van der Waals surface area contributed by atoms with E-state index in [1.54, 1.807) is 0 Å². The van der Waals surface area contributed by atoms with E-state index in [9.17, 15) is 38.4 Å². The minimum absolute atomic E-state index is 0.00820. The predicted octanol–water partition coefficient (Wildman–Crippen LogP) is -3.94. The molecule has 0 saturated heterocycles. The number of nitrogens with two attached hydrogens (primary N) is 5. The summed E-state index contributed by atoms with van der Waals surface area (Å²) in [4.78, 5) is 157. The number of aliphatic carboxylic acids is 1. The van der Waals surface area contributed by atoms with Gasteiger partial charge in [0, 0.05) is 51.9 Å². The molecule has 78 heavy (non-hydrogen) atoms. The van der Waals surface area contributed by atoms with Crippen LogP contribution in [0.25, 0.3) is 0 Å². The van der Waals surface area contributed by atoms with Gasteiger partial charge in [-0.25, -0.2) is 0 Å². The molecule has 0 aromatic heterocycles. The quantitative estimate of drug-likeness (QED) is 0.0120. The molecule has 28 nitrogen and oxygen atoms in total. The molecular weight excluding hydrogens is 1100 g/mol. The summed E-state index contributed by atoms with van der Waals surface area (Å²) in [7, 11) is 0. The first-order valence-corrected chi connectivity index (χ1v) is 28.3. The smallest absolute Gasteiger partial charge is 0.322 e. The highest BCUT2D eigenvalue weighted by Gasteiger charge is 2.42. The van der Waals surface area contributed by atoms with Crippen LogP contribution in [0.1, 0.15) is 109 Å². The number of amides is 10. The number of imide groups is 1. The van der Waals surface area contributed by atoms with Crippen molar-refractivity contribution in [3.05, 3.63) is 0 Å². The lowest BCUT2D eigenvalue weighted by molar-refractivity contribution is -0.156. The summed E-state index contributed by atoms with van der Waals surface area (Å²) in [5, 5.41) is 29.5. The fraction of sp³-hybridized carbons (Fsp3) is 0.717. The zero-order valence-corrected chi connectivity index (χ0v) is 47.7. The van der Waals surface area contributed by atoms with Gasteiger partial charge in [-0.15, -0.1) is 0 Å². The summed E-state index contributed by atoms with van der Waals surface area (Å²) in [5.41, 5.74) is 27.9. The number of guanidine groups is 2. The van der Waals surface area contributed by atoms with Gasteiger partial charge in [-0.05, 0) is 113 Å². The van der Waals surface area contributed by atoms with Crippen LogP contribution in [0.15, 0.2) is 9.98 Å². The first-order valence-electron chi connectivity index (χ1n) is 25.8. The standard InChI is InChI=1S/C46H84N16O12S4/c47-18-4-1-13-33(42(72)61-30(12-8-22-55-46(50)51)41(71)60-29(11-7-21-54-45(48)49)40(70)57-27-38(67)56-28-39(68)69)62(43(73)31(58-36(65)16-25-77)9-2-5-19-52-34(63)14-23-75)44(74)32(59-37(66)17-26-78)10-3-6-20-53-35(64)15-24-76/h29-33,75-78H,1-28,47H2,(H,52,63)(H,53,64)(H,56,67)(H,57,70)(H,58,65)(H,59,66)(H,60,71)(H,61,72)(H,68,69)(H4,48,49,54)(H4,50,51,55)/t29-,30-,31-,32-,33-/m0/s1. The van der Waals surface area contributed by atoms with Gasteiger partial charge in [0.2, 0.25) is 47.3 Å². The van der Waals surface area contributed by atoms with E-state index in [2.05, 4.69) is 103 Å². The van der Waals surface area contributed by atoms with Gasteiger partial charge in [-0.1, -0.05) is 0 Å². The number of unbranched alkanes of at least 4 members (excludes halogenated alkanes) is 3. The Morgan fingerprint density at radius 2 is 0.846 bits per heavy atom. The zero-order chi connectivity index (χ0) is 58.8. The number of carbonyl (C=O) groups excluding carboxylic acids is 10. The molecule has 0 unspecified atom stereocenters. The summed E-state index contributed by atoms with van der Waals surface area (Å²) >= 11 is 16.5. The van der Waals surface area contributed by atoms with Crippen molar-refractivity contribution in [3.63, 3.8) is 0 Å². The van der Waals surface area contributed by atoms with Gasteiger partial charge in [0.15, 0.2) is 11.9 Å². The molecule has 0 aromatic rings. The van der Waals surface area contributed by atoms with Crippen molar-refractivity contribution in [1.29, 1.82) is 0 Å². The van der Waals surface area contributed by atoms with Crippen LogP contribution < -0.4 is 71.2 Å². The van der Waals surface area contributed by atoms with E-state index >= 15 is 14.4 Å². The molecular formula is C46H84N16O12S4. The van der Waals surface area contributed by atoms with Gasteiger partial charge in [0.1, 0.15) is 36.8 Å². The average molecular weight is 1180 g/mol. The van der Waals surface area contributed by atoms with E-state index in [-0.39, 0.29) is 164 Å². The maximum atomic E-state index is 15.3. The molecule has 0 aliphatic rings. The predicted molar refractivity (Wildman–Crippen MR) is 307 cm³/mol. The van der Waals surface area contributed by atoms with E-state index < -0.39 is 96.5 Å². The second-order valence-electron chi connectivity index (χ2n) is 17.6. The number of nitrogens with zero attached hydrogens (tertiary/aromatic N) is 3. The number of hydrogen-bond donors (Lipinski definition) is 18. The highest BCUT2D eigenvalue weighted by atomic mass is 32.1. The number of carboxylic acids is 1. The van der Waals surface area contributed by atoms with Crippen molar-refractivity contribution in [3.8, 4) is 0 Å². The van der Waals surface area contributed by atoms with Gasteiger partial charge in [0.25, 0.3) is 11.8 Å². The summed E-state index contributed by atoms with van der Waals surface area (Å²) in [6.45, 7) is -0.922. The molecule has 0 heterocycles. The van der Waals surface area contributed by atoms with E-state index in [1.807, 2.05) is 0 Å². The van der Waals surface area contributed by atoms with Gasteiger partial charge in [0.05, 0.1) is 6.54 Å². The van der Waals surface area contributed by atoms with Crippen LogP contribution in [0.4, 0.5) is 0 Å². The molecule has 0 radical (unpaired) electrons. The Hall–Kier alpha value is -5.73. The zero-order valence-electron chi connectivity index (χ0n) is 44.1. The van der Waals surface area contributed by atoms with Crippen LogP contribution in [-0.2, 0) is 52.7 Å². The number of nitrogens with one attached hydrogen (secondary N) is 8. The van der Waals surface area contributed by atoms with Gasteiger partial charge < -0.3 is 76.3 Å². The van der Waals surface area contributed by atoms with Crippen LogP contribution in [0.3, 0.4) is 0 Å². The lowest BCUT2D eigenvalue weighted by atomic mass is 9.99. The highest BCUT2D eigenvalue weighted by molar-refractivity contribution is 7.80. The van der Waals surface area contributed by atoms with E-state index in [1.165, 1.54) is 0 Å². The molecule has 0 spiro atoms. The van der Waals surface area contributed by atoms with Crippen LogP contribution in [-0.4, -0.2) is 186 Å². The molecule has 0 aliphatic heterocycles. The van der Waals surface area contributed by atoms with Crippen LogP contribution in [0.2, 0.25) is 0 Å². The SMILES string of the molecule is NCCCC[C@@H](C(=O)N[C@@H](CCCN=C(N)N)C(=O)N[C@@H](CCCN=C(N)N)C(=O)NCC(=O)NCC(=O)O)N(C(=O)[C@H](CCCCNC(=O)CCS)NC(=O)CCS)C(=O)[C@H](CCCCNC(=O)CCS)NC(=O)CCS. The molecule has 0 bridgehead atoms. The van der Waals surface area contributed by atoms with Crippen LogP contribution in [0, 0.1) is 0 Å². The number of aliphatic imine (C=N–C) groups is 2. The topological polar surface area (TPSA) is 462 Å². The Kier molecular flexibility index (Phi) is 40.9. The van der Waals surface area contributed by atoms with Crippen LogP contribution in [0.5, 0.6) is 0 Å². The number of carbonyl (C=O) groups is 11. The Labute approximate surface area is 477 Å². The second kappa shape index (κ2) is 44.2. The molecule has 0 aromatic carbocycles. The first-order chi connectivity index (χ1) is 37.1. The Morgan fingerprint density at radius 1 is 0.436 bits per heavy atom. The van der Waals surface area contributed by atoms with E-state index in [0.717, 1.165) is 0 Å². The van der Waals surface area contributed by atoms with Crippen LogP contribution >= 0.6 is 50.5 Å². The highest BCUT2D eigenvalue weighted by Crippen LogP contribution is 2.19. The van der Waals surface area contributed by atoms with Crippen molar-refractivity contribution >= 4 is 127 Å². The molecule has 19 N–H and O–H groups in total. The Bertz CT molecular complexity index is 1920. The molecule has 0 fully saturated rings. The lowest BCUT2D eigenvalue weighted by Crippen LogP contribution is -2.63. The number of carboxylic acid groups (broad SMARTS) is 1.